The molecule has 0 aromatic heterocycles. The average Bonchev–Trinajstić information content (AvgIpc) is 1.69. The van der Waals surface area contributed by atoms with Crippen molar-refractivity contribution in [3.63, 3.8) is 0 Å². The molecule has 0 heterocycles. The molecule has 3 heteroatoms. The number of nitrogens with one attached hydrogen (secondary N) is 1. The first-order valence-electron chi connectivity index (χ1n) is 2.30. The van der Waals surface area contributed by atoms with Gasteiger partial charge in [-0.05, 0) is 20.0 Å². The van der Waals surface area contributed by atoms with Crippen LogP contribution in [0, 0.1) is 0 Å². The van der Waals surface area contributed by atoms with Gasteiger partial charge in [-0.3, -0.25) is 3.53 Å². The fourth-order valence-corrected chi connectivity index (χ4v) is 0. The highest BCUT2D eigenvalue weighted by atomic mass is 127. The Morgan fingerprint density at radius 1 is 1.71 bits per heavy atom. The van der Waals surface area contributed by atoms with Gasteiger partial charge in [0.05, 0.1) is 0 Å². The lowest BCUT2D eigenvalue weighted by Crippen LogP contribution is -1.93. The summed E-state index contributed by atoms with van der Waals surface area (Å²) in [5.41, 5.74) is 5.03. The fraction of sp³-hybridized carbons (Fsp3) is 1.00. The fourth-order valence-electron chi connectivity index (χ4n) is 0. The summed E-state index contributed by atoms with van der Waals surface area (Å²) in [5.74, 6) is 0. The van der Waals surface area contributed by atoms with Crippen molar-refractivity contribution in [2.24, 2.45) is 5.73 Å². The van der Waals surface area contributed by atoms with Gasteiger partial charge in [0.15, 0.2) is 0 Å². The van der Waals surface area contributed by atoms with Crippen LogP contribution in [0.1, 0.15) is 13.3 Å². The molecular weight excluding hydrogens is 203 g/mol. The Morgan fingerprint density at radius 2 is 1.86 bits per heavy atom. The molecule has 0 unspecified atom stereocenters. The van der Waals surface area contributed by atoms with Crippen LogP contribution in [0.5, 0.6) is 0 Å². The zero-order valence-corrected chi connectivity index (χ0v) is 7.03. The van der Waals surface area contributed by atoms with Crippen LogP contribution in [-0.2, 0) is 0 Å². The Hall–Kier alpha value is 0.650. The molecule has 0 fully saturated rings. The molecule has 3 N–H and O–H groups in total. The Kier molecular flexibility index (Phi) is 24.1. The minimum absolute atomic E-state index is 0.819. The van der Waals surface area contributed by atoms with Gasteiger partial charge < -0.3 is 5.73 Å². The summed E-state index contributed by atoms with van der Waals surface area (Å²) >= 11 is 2.04. The molecule has 0 aromatic carbocycles. The first-order chi connectivity index (χ1) is 3.33. The van der Waals surface area contributed by atoms with Gasteiger partial charge in [0.2, 0.25) is 0 Å². The van der Waals surface area contributed by atoms with Crippen molar-refractivity contribution in [1.29, 1.82) is 0 Å². The monoisotopic (exact) mass is 216 g/mol. The quantitative estimate of drug-likeness (QED) is 0.505. The maximum Gasteiger partial charge on any atom is 0.0166 e. The smallest absolute Gasteiger partial charge is 0.0166 e. The summed E-state index contributed by atoms with van der Waals surface area (Å²) in [4.78, 5) is 0. The Balaban J connectivity index is 0. The second-order valence-electron chi connectivity index (χ2n) is 0.978. The minimum atomic E-state index is 0.819. The van der Waals surface area contributed by atoms with Gasteiger partial charge in [0.25, 0.3) is 0 Å². The Bertz CT molecular complexity index is 17.2. The number of nitrogens with two attached hydrogens (primary N) is 1. The summed E-state index contributed by atoms with van der Waals surface area (Å²) < 4.78 is 2.72. The number of rotatable bonds is 1. The molecule has 0 rings (SSSR count). The van der Waals surface area contributed by atoms with Crippen LogP contribution in [0.3, 0.4) is 0 Å². The zero-order chi connectivity index (χ0) is 6.12. The number of halogens is 1. The highest BCUT2D eigenvalue weighted by Crippen LogP contribution is 1.57. The van der Waals surface area contributed by atoms with Crippen LogP contribution >= 0.6 is 22.9 Å². The lowest BCUT2D eigenvalue weighted by molar-refractivity contribution is 0.932. The molecule has 0 atom stereocenters. The van der Waals surface area contributed by atoms with Crippen molar-refractivity contribution >= 4 is 22.9 Å². The lowest BCUT2D eigenvalue weighted by atomic mass is 10.5. The van der Waals surface area contributed by atoms with Crippen molar-refractivity contribution in [2.45, 2.75) is 13.3 Å². The molecule has 0 amide bonds. The SMILES string of the molecule is CCCN.CNI. The molecule has 0 radical (unpaired) electrons. The zero-order valence-electron chi connectivity index (χ0n) is 4.87. The van der Waals surface area contributed by atoms with Crippen molar-refractivity contribution in [1.82, 2.24) is 3.53 Å². The van der Waals surface area contributed by atoms with E-state index in [1.807, 2.05) is 29.9 Å². The van der Waals surface area contributed by atoms with Gasteiger partial charge in [0, 0.05) is 22.9 Å². The van der Waals surface area contributed by atoms with E-state index >= 15 is 0 Å². The van der Waals surface area contributed by atoms with Crippen LogP contribution in [0.2, 0.25) is 0 Å². The molecule has 0 spiro atoms. The third-order valence-electron chi connectivity index (χ3n) is 0.289. The summed E-state index contributed by atoms with van der Waals surface area (Å²) in [6.07, 6.45) is 1.10. The summed E-state index contributed by atoms with van der Waals surface area (Å²) in [6, 6.07) is 0. The first-order valence-corrected chi connectivity index (χ1v) is 3.38. The van der Waals surface area contributed by atoms with Crippen LogP contribution in [0.15, 0.2) is 0 Å². The number of hydrogen-bond donors (Lipinski definition) is 2. The van der Waals surface area contributed by atoms with E-state index in [1.54, 1.807) is 0 Å². The minimum Gasteiger partial charge on any atom is -0.330 e. The van der Waals surface area contributed by atoms with Gasteiger partial charge in [-0.2, -0.15) is 0 Å². The van der Waals surface area contributed by atoms with E-state index in [2.05, 4.69) is 10.5 Å². The number of hydrogen-bond acceptors (Lipinski definition) is 2. The average molecular weight is 216 g/mol. The predicted octanol–water partition coefficient (Wildman–Crippen LogP) is 0.911. The van der Waals surface area contributed by atoms with Crippen molar-refractivity contribution in [2.75, 3.05) is 13.6 Å². The van der Waals surface area contributed by atoms with E-state index < -0.39 is 0 Å². The van der Waals surface area contributed by atoms with E-state index in [0.29, 0.717) is 0 Å². The van der Waals surface area contributed by atoms with Crippen LogP contribution in [0.4, 0.5) is 0 Å². The highest BCUT2D eigenvalue weighted by molar-refractivity contribution is 14.1. The van der Waals surface area contributed by atoms with Crippen molar-refractivity contribution < 1.29 is 0 Å². The van der Waals surface area contributed by atoms with E-state index in [4.69, 9.17) is 5.73 Å². The topological polar surface area (TPSA) is 38.0 Å². The molecule has 7 heavy (non-hydrogen) atoms. The highest BCUT2D eigenvalue weighted by Gasteiger charge is 1.55. The summed E-state index contributed by atoms with van der Waals surface area (Å²) in [5, 5.41) is 0. The van der Waals surface area contributed by atoms with E-state index in [1.165, 1.54) is 0 Å². The van der Waals surface area contributed by atoms with Gasteiger partial charge in [-0.25, -0.2) is 0 Å². The maximum atomic E-state index is 5.03. The maximum absolute atomic E-state index is 5.03. The van der Waals surface area contributed by atoms with E-state index in [0.717, 1.165) is 13.0 Å². The van der Waals surface area contributed by atoms with E-state index in [-0.39, 0.29) is 0 Å². The molecule has 0 aromatic rings. The molecule has 0 aliphatic carbocycles. The van der Waals surface area contributed by atoms with Crippen molar-refractivity contribution in [3.05, 3.63) is 0 Å². The third kappa shape index (κ3) is 52.8. The van der Waals surface area contributed by atoms with Crippen molar-refractivity contribution in [3.8, 4) is 0 Å². The predicted molar refractivity (Wildman–Crippen MR) is 42.4 cm³/mol. The standard InChI is InChI=1S/C3H9N.CH4IN/c1-2-3-4;1-3-2/h2-4H2,1H3;3H,1H3. The summed E-state index contributed by atoms with van der Waals surface area (Å²) in [7, 11) is 1.86. The van der Waals surface area contributed by atoms with E-state index in [9.17, 15) is 0 Å². The third-order valence-corrected chi connectivity index (χ3v) is 0.289. The molecule has 46 valence electrons. The normalized spacial score (nSPS) is 6.86. The lowest BCUT2D eigenvalue weighted by Gasteiger charge is -1.70. The molecule has 0 aliphatic rings. The second-order valence-corrected chi connectivity index (χ2v) is 2.06. The molecule has 0 bridgehead atoms. The first kappa shape index (κ1) is 10.6. The van der Waals surface area contributed by atoms with Crippen LogP contribution in [-0.4, -0.2) is 13.6 Å². The Morgan fingerprint density at radius 3 is 1.86 bits per heavy atom. The largest absolute Gasteiger partial charge is 0.330 e. The van der Waals surface area contributed by atoms with Gasteiger partial charge in [-0.15, -0.1) is 0 Å². The second kappa shape index (κ2) is 15.9. The van der Waals surface area contributed by atoms with Gasteiger partial charge in [-0.1, -0.05) is 6.92 Å². The van der Waals surface area contributed by atoms with Gasteiger partial charge in [0.1, 0.15) is 0 Å². The van der Waals surface area contributed by atoms with Crippen LogP contribution in [0.25, 0.3) is 0 Å². The Labute approximate surface area is 59.3 Å². The molecular formula is C4H13IN2. The summed E-state index contributed by atoms with van der Waals surface area (Å²) in [6.45, 7) is 2.88. The molecule has 0 aliphatic heterocycles. The molecule has 0 saturated heterocycles. The molecule has 0 saturated carbocycles. The van der Waals surface area contributed by atoms with Gasteiger partial charge >= 0.3 is 0 Å². The van der Waals surface area contributed by atoms with Crippen LogP contribution < -0.4 is 9.26 Å². The molecule has 2 nitrogen and oxygen atoms in total.